The summed E-state index contributed by atoms with van der Waals surface area (Å²) < 4.78 is 27.6. The van der Waals surface area contributed by atoms with Crippen molar-refractivity contribution in [3.05, 3.63) is 36.0 Å². The van der Waals surface area contributed by atoms with E-state index in [1.165, 1.54) is 0 Å². The Labute approximate surface area is 85.8 Å². The SMILES string of the molecule is CC(O)Cn1ccc2cc(F)c(F)cc21. The third-order valence-corrected chi connectivity index (χ3v) is 2.27. The lowest BCUT2D eigenvalue weighted by Crippen LogP contribution is -2.10. The Balaban J connectivity index is 2.54. The molecule has 0 bridgehead atoms. The van der Waals surface area contributed by atoms with E-state index in [1.54, 1.807) is 23.8 Å². The molecule has 1 aromatic heterocycles. The first-order valence-electron chi connectivity index (χ1n) is 4.70. The molecule has 2 nitrogen and oxygen atoms in total. The summed E-state index contributed by atoms with van der Waals surface area (Å²) in [6.07, 6.45) is 1.18. The number of nitrogens with zero attached hydrogens (tertiary/aromatic N) is 1. The van der Waals surface area contributed by atoms with Crippen LogP contribution in [-0.4, -0.2) is 15.8 Å². The fourth-order valence-corrected chi connectivity index (χ4v) is 1.63. The van der Waals surface area contributed by atoms with Crippen LogP contribution in [0.3, 0.4) is 0 Å². The van der Waals surface area contributed by atoms with Gasteiger partial charge >= 0.3 is 0 Å². The average Bonchev–Trinajstić information content (AvgIpc) is 2.49. The second kappa shape index (κ2) is 3.62. The molecule has 0 aliphatic rings. The minimum atomic E-state index is -0.868. The first-order valence-corrected chi connectivity index (χ1v) is 4.70. The summed E-state index contributed by atoms with van der Waals surface area (Å²) in [4.78, 5) is 0. The number of hydrogen-bond donors (Lipinski definition) is 1. The number of aliphatic hydroxyl groups excluding tert-OH is 1. The zero-order valence-electron chi connectivity index (χ0n) is 8.24. The van der Waals surface area contributed by atoms with Crippen LogP contribution in [0.5, 0.6) is 0 Å². The largest absolute Gasteiger partial charge is 0.392 e. The molecule has 2 aromatic rings. The van der Waals surface area contributed by atoms with Crippen LogP contribution >= 0.6 is 0 Å². The summed E-state index contributed by atoms with van der Waals surface area (Å²) in [5.41, 5.74) is 0.592. The maximum absolute atomic E-state index is 13.0. The Hall–Kier alpha value is -1.42. The number of rotatable bonds is 2. The van der Waals surface area contributed by atoms with Gasteiger partial charge in [-0.05, 0) is 19.1 Å². The van der Waals surface area contributed by atoms with Crippen LogP contribution < -0.4 is 0 Å². The zero-order chi connectivity index (χ0) is 11.0. The van der Waals surface area contributed by atoms with Crippen molar-refractivity contribution in [2.45, 2.75) is 19.6 Å². The number of fused-ring (bicyclic) bond motifs is 1. The third-order valence-electron chi connectivity index (χ3n) is 2.27. The standard InChI is InChI=1S/C11H11F2NO/c1-7(15)6-14-3-2-8-4-9(12)10(13)5-11(8)14/h2-5,7,15H,6H2,1H3. The highest BCUT2D eigenvalue weighted by Gasteiger charge is 2.08. The molecule has 1 unspecified atom stereocenters. The van der Waals surface area contributed by atoms with Crippen molar-refractivity contribution in [2.24, 2.45) is 0 Å². The van der Waals surface area contributed by atoms with Crippen molar-refractivity contribution in [1.29, 1.82) is 0 Å². The molecule has 0 aliphatic carbocycles. The van der Waals surface area contributed by atoms with Gasteiger partial charge in [0.25, 0.3) is 0 Å². The van der Waals surface area contributed by atoms with Gasteiger partial charge in [-0.1, -0.05) is 0 Å². The van der Waals surface area contributed by atoms with E-state index in [0.29, 0.717) is 17.4 Å². The van der Waals surface area contributed by atoms with E-state index in [1.807, 2.05) is 0 Å². The van der Waals surface area contributed by atoms with Gasteiger partial charge < -0.3 is 9.67 Å². The van der Waals surface area contributed by atoms with E-state index in [4.69, 9.17) is 0 Å². The van der Waals surface area contributed by atoms with Crippen LogP contribution in [0.4, 0.5) is 8.78 Å². The molecule has 0 spiro atoms. The summed E-state index contributed by atoms with van der Waals surface area (Å²) in [7, 11) is 0. The monoisotopic (exact) mass is 211 g/mol. The van der Waals surface area contributed by atoms with Crippen LogP contribution in [0.1, 0.15) is 6.92 Å². The van der Waals surface area contributed by atoms with Gasteiger partial charge in [-0.3, -0.25) is 0 Å². The van der Waals surface area contributed by atoms with Crippen molar-refractivity contribution in [3.63, 3.8) is 0 Å². The molecule has 0 amide bonds. The Morgan fingerprint density at radius 2 is 2.00 bits per heavy atom. The highest BCUT2D eigenvalue weighted by Crippen LogP contribution is 2.19. The summed E-state index contributed by atoms with van der Waals surface area (Å²) >= 11 is 0. The van der Waals surface area contributed by atoms with Crippen LogP contribution in [-0.2, 0) is 6.54 Å². The first-order chi connectivity index (χ1) is 7.08. The highest BCUT2D eigenvalue weighted by molar-refractivity contribution is 5.80. The molecule has 2 rings (SSSR count). The predicted molar refractivity (Wildman–Crippen MR) is 53.5 cm³/mol. The summed E-state index contributed by atoms with van der Waals surface area (Å²) in [5, 5.41) is 9.85. The van der Waals surface area contributed by atoms with Crippen molar-refractivity contribution in [1.82, 2.24) is 4.57 Å². The molecule has 0 saturated carbocycles. The van der Waals surface area contributed by atoms with Gasteiger partial charge in [0.2, 0.25) is 0 Å². The number of aliphatic hydroxyl groups is 1. The minimum Gasteiger partial charge on any atom is -0.392 e. The van der Waals surface area contributed by atoms with Gasteiger partial charge in [0.15, 0.2) is 11.6 Å². The van der Waals surface area contributed by atoms with Gasteiger partial charge in [-0.25, -0.2) is 8.78 Å². The van der Waals surface area contributed by atoms with Crippen LogP contribution in [0.25, 0.3) is 10.9 Å². The Bertz CT molecular complexity index is 491. The van der Waals surface area contributed by atoms with Gasteiger partial charge in [-0.15, -0.1) is 0 Å². The van der Waals surface area contributed by atoms with Gasteiger partial charge in [0.1, 0.15) is 0 Å². The second-order valence-electron chi connectivity index (χ2n) is 3.64. The van der Waals surface area contributed by atoms with Crippen LogP contribution in [0.15, 0.2) is 24.4 Å². The number of benzene rings is 1. The van der Waals surface area contributed by atoms with E-state index in [0.717, 1.165) is 12.1 Å². The normalized spacial score (nSPS) is 13.3. The average molecular weight is 211 g/mol. The molecule has 1 N–H and O–H groups in total. The molecule has 1 heterocycles. The lowest BCUT2D eigenvalue weighted by molar-refractivity contribution is 0.175. The Morgan fingerprint density at radius 1 is 1.33 bits per heavy atom. The second-order valence-corrected chi connectivity index (χ2v) is 3.64. The van der Waals surface area contributed by atoms with Crippen LogP contribution in [0.2, 0.25) is 0 Å². The van der Waals surface area contributed by atoms with E-state index in [9.17, 15) is 13.9 Å². The molecule has 0 fully saturated rings. The third kappa shape index (κ3) is 1.85. The fourth-order valence-electron chi connectivity index (χ4n) is 1.63. The highest BCUT2D eigenvalue weighted by atomic mass is 19.2. The quantitative estimate of drug-likeness (QED) is 0.810. The number of hydrogen-bond acceptors (Lipinski definition) is 1. The topological polar surface area (TPSA) is 25.2 Å². The molecule has 15 heavy (non-hydrogen) atoms. The maximum Gasteiger partial charge on any atom is 0.160 e. The lowest BCUT2D eigenvalue weighted by atomic mass is 10.2. The molecular weight excluding hydrogens is 200 g/mol. The van der Waals surface area contributed by atoms with Crippen molar-refractivity contribution >= 4 is 10.9 Å². The van der Waals surface area contributed by atoms with Gasteiger partial charge in [-0.2, -0.15) is 0 Å². The maximum atomic E-state index is 13.0. The molecule has 4 heteroatoms. The molecule has 1 atom stereocenters. The smallest absolute Gasteiger partial charge is 0.160 e. The number of aromatic nitrogens is 1. The van der Waals surface area contributed by atoms with Crippen LogP contribution in [0, 0.1) is 11.6 Å². The van der Waals surface area contributed by atoms with Gasteiger partial charge in [0, 0.05) is 24.2 Å². The zero-order valence-corrected chi connectivity index (χ0v) is 8.24. The summed E-state index contributed by atoms with van der Waals surface area (Å²) in [6, 6.07) is 4.00. The van der Waals surface area contributed by atoms with Crippen molar-refractivity contribution in [3.8, 4) is 0 Å². The fraction of sp³-hybridized carbons (Fsp3) is 0.273. The first kappa shape index (κ1) is 10.1. The number of halogens is 2. The molecule has 0 saturated heterocycles. The Kier molecular flexibility index (Phi) is 2.44. The summed E-state index contributed by atoms with van der Waals surface area (Å²) in [6.45, 7) is 2.01. The molecule has 0 aliphatic heterocycles. The molecule has 1 aromatic carbocycles. The predicted octanol–water partition coefficient (Wildman–Crippen LogP) is 2.30. The van der Waals surface area contributed by atoms with E-state index in [-0.39, 0.29) is 0 Å². The Morgan fingerprint density at radius 3 is 2.67 bits per heavy atom. The van der Waals surface area contributed by atoms with Crippen molar-refractivity contribution in [2.75, 3.05) is 0 Å². The van der Waals surface area contributed by atoms with E-state index in [2.05, 4.69) is 0 Å². The van der Waals surface area contributed by atoms with E-state index >= 15 is 0 Å². The minimum absolute atomic E-state index is 0.370. The molecular formula is C11H11F2NO. The van der Waals surface area contributed by atoms with Gasteiger partial charge in [0.05, 0.1) is 11.6 Å². The molecule has 80 valence electrons. The van der Waals surface area contributed by atoms with Crippen molar-refractivity contribution < 1.29 is 13.9 Å². The van der Waals surface area contributed by atoms with E-state index < -0.39 is 17.7 Å². The molecule has 0 radical (unpaired) electrons. The summed E-state index contributed by atoms with van der Waals surface area (Å²) in [5.74, 6) is -1.72. The lowest BCUT2D eigenvalue weighted by Gasteiger charge is -2.07.